The molecule has 0 aromatic heterocycles. The Kier molecular flexibility index (Phi) is 4.10. The van der Waals surface area contributed by atoms with E-state index in [1.54, 1.807) is 0 Å². The molecule has 1 aliphatic heterocycles. The number of benzene rings is 2. The maximum atomic E-state index is 6.98. The minimum Gasteiger partial charge on any atom is -0.466 e. The van der Waals surface area contributed by atoms with Gasteiger partial charge in [0.05, 0.1) is 20.1 Å². The van der Waals surface area contributed by atoms with E-state index in [-0.39, 0.29) is 4.78 Å². The Labute approximate surface area is 144 Å². The Balaban J connectivity index is 2.06. The molecule has 1 fully saturated rings. The van der Waals surface area contributed by atoms with Crippen molar-refractivity contribution in [1.82, 2.24) is 0 Å². The second-order valence-electron chi connectivity index (χ2n) is 6.58. The minimum absolute atomic E-state index is 0.241. The molecule has 0 N–H and O–H groups in total. The zero-order valence-corrected chi connectivity index (χ0v) is 16.3. The smallest absolute Gasteiger partial charge is 0.227 e. The standard InChI is InChI=1S/C17H19Cl2OPSi/c1-22(2,3)16(14-10-6-4-7-11-14)17(18,21(16)19)20-15-12-8-5-9-13-15/h4-13H,1-3H3/t16?,17?,21-/m0/s1. The van der Waals surface area contributed by atoms with E-state index >= 15 is 0 Å². The van der Waals surface area contributed by atoms with Crippen LogP contribution in [-0.2, 0) is 4.78 Å². The van der Waals surface area contributed by atoms with E-state index in [0.717, 1.165) is 5.75 Å². The summed E-state index contributed by atoms with van der Waals surface area (Å²) in [6.45, 7) is 6.95. The molecule has 2 aromatic carbocycles. The zero-order valence-electron chi connectivity index (χ0n) is 12.9. The summed E-state index contributed by atoms with van der Waals surface area (Å²) in [7, 11) is -2.70. The first-order valence-electron chi connectivity index (χ1n) is 7.28. The van der Waals surface area contributed by atoms with Gasteiger partial charge in [0.25, 0.3) is 0 Å². The lowest BCUT2D eigenvalue weighted by Gasteiger charge is -2.31. The summed E-state index contributed by atoms with van der Waals surface area (Å²) in [6, 6.07) is 20.1. The number of rotatable bonds is 4. The first kappa shape index (κ1) is 16.3. The topological polar surface area (TPSA) is 9.23 Å². The van der Waals surface area contributed by atoms with E-state index in [2.05, 4.69) is 43.9 Å². The van der Waals surface area contributed by atoms with Gasteiger partial charge in [0.2, 0.25) is 4.80 Å². The van der Waals surface area contributed by atoms with Crippen LogP contribution in [0, 0.1) is 0 Å². The third-order valence-electron chi connectivity index (χ3n) is 4.22. The summed E-state index contributed by atoms with van der Waals surface area (Å²) in [4.78, 5) is -0.822. The highest BCUT2D eigenvalue weighted by atomic mass is 35.7. The fourth-order valence-corrected chi connectivity index (χ4v) is 16.2. The lowest BCUT2D eigenvalue weighted by molar-refractivity contribution is 0.265. The quantitative estimate of drug-likeness (QED) is 0.345. The third-order valence-corrected chi connectivity index (χ3v) is 15.1. The molecule has 2 unspecified atom stereocenters. The van der Waals surface area contributed by atoms with E-state index < -0.39 is 20.1 Å². The van der Waals surface area contributed by atoms with Crippen molar-refractivity contribution < 1.29 is 4.74 Å². The van der Waals surface area contributed by atoms with Crippen LogP contribution in [-0.4, -0.2) is 12.9 Å². The summed E-state index contributed by atoms with van der Waals surface area (Å²) in [6.07, 6.45) is 0. The monoisotopic (exact) mass is 368 g/mol. The molecule has 0 saturated carbocycles. The summed E-state index contributed by atoms with van der Waals surface area (Å²) in [5.74, 6) is 0.779. The molecule has 1 heterocycles. The molecule has 2 aromatic rings. The van der Waals surface area contributed by atoms with Gasteiger partial charge in [-0.05, 0) is 17.7 Å². The van der Waals surface area contributed by atoms with E-state index in [1.807, 2.05) is 36.4 Å². The number of ether oxygens (including phenoxy) is 1. The highest BCUT2D eigenvalue weighted by Crippen LogP contribution is 2.94. The highest BCUT2D eigenvalue weighted by molar-refractivity contribution is 7.96. The normalized spacial score (nSPS) is 30.9. The summed E-state index contributed by atoms with van der Waals surface area (Å²) < 4.78 is 5.98. The lowest BCUT2D eigenvalue weighted by Crippen LogP contribution is -2.45. The van der Waals surface area contributed by atoms with E-state index in [9.17, 15) is 0 Å². The summed E-state index contributed by atoms with van der Waals surface area (Å²) in [5, 5.41) is 0. The van der Waals surface area contributed by atoms with Crippen LogP contribution in [0.5, 0.6) is 5.75 Å². The minimum atomic E-state index is -1.73. The Morgan fingerprint density at radius 1 is 0.909 bits per heavy atom. The molecular weight excluding hydrogens is 350 g/mol. The predicted molar refractivity (Wildman–Crippen MR) is 99.9 cm³/mol. The fourth-order valence-electron chi connectivity index (χ4n) is 3.20. The van der Waals surface area contributed by atoms with Gasteiger partial charge in [0.1, 0.15) is 5.75 Å². The van der Waals surface area contributed by atoms with Crippen molar-refractivity contribution in [3.63, 3.8) is 0 Å². The van der Waals surface area contributed by atoms with Gasteiger partial charge >= 0.3 is 0 Å². The maximum Gasteiger partial charge on any atom is 0.227 e. The van der Waals surface area contributed by atoms with Crippen molar-refractivity contribution in [2.45, 2.75) is 29.2 Å². The van der Waals surface area contributed by atoms with Crippen LogP contribution in [0.15, 0.2) is 60.7 Å². The van der Waals surface area contributed by atoms with Gasteiger partial charge in [-0.2, -0.15) is 0 Å². The van der Waals surface area contributed by atoms with Gasteiger partial charge < -0.3 is 4.74 Å². The second-order valence-corrected chi connectivity index (χ2v) is 15.9. The van der Waals surface area contributed by atoms with Crippen LogP contribution in [0.2, 0.25) is 19.6 Å². The molecule has 22 heavy (non-hydrogen) atoms. The van der Waals surface area contributed by atoms with Gasteiger partial charge in [0.15, 0.2) is 0 Å². The van der Waals surface area contributed by atoms with Crippen molar-refractivity contribution in [2.24, 2.45) is 0 Å². The predicted octanol–water partition coefficient (Wildman–Crippen LogP) is 6.38. The SMILES string of the molecule is C[Si](C)(C)C1(c2ccccc2)[P@](Cl)C1(Cl)Oc1ccccc1. The van der Waals surface area contributed by atoms with E-state index in [1.165, 1.54) is 5.56 Å². The number of halogens is 2. The second kappa shape index (κ2) is 5.53. The van der Waals surface area contributed by atoms with Crippen LogP contribution >= 0.6 is 30.1 Å². The van der Waals surface area contributed by atoms with Crippen molar-refractivity contribution in [1.29, 1.82) is 0 Å². The number of hydrogen-bond acceptors (Lipinski definition) is 1. The van der Waals surface area contributed by atoms with Crippen molar-refractivity contribution in [3.05, 3.63) is 66.2 Å². The van der Waals surface area contributed by atoms with Gasteiger partial charge in [0, 0.05) is 0 Å². The van der Waals surface area contributed by atoms with Gasteiger partial charge in [-0.1, -0.05) is 91.0 Å². The molecule has 3 rings (SSSR count). The van der Waals surface area contributed by atoms with E-state index in [4.69, 9.17) is 27.6 Å². The Hall–Kier alpha value is -0.533. The van der Waals surface area contributed by atoms with Gasteiger partial charge in [-0.25, -0.2) is 0 Å². The van der Waals surface area contributed by atoms with Crippen molar-refractivity contribution in [3.8, 4) is 5.75 Å². The molecule has 0 amide bonds. The molecular formula is C17H19Cl2OPSi. The van der Waals surface area contributed by atoms with Crippen LogP contribution < -0.4 is 4.74 Å². The molecule has 0 aliphatic carbocycles. The summed E-state index contributed by atoms with van der Waals surface area (Å²) >= 11 is 13.8. The molecule has 1 nitrogen and oxygen atoms in total. The molecule has 0 spiro atoms. The average Bonchev–Trinajstić information content (AvgIpc) is 2.97. The Morgan fingerprint density at radius 3 is 1.91 bits per heavy atom. The average molecular weight is 369 g/mol. The largest absolute Gasteiger partial charge is 0.466 e. The third kappa shape index (κ3) is 2.24. The van der Waals surface area contributed by atoms with Gasteiger partial charge in [-0.3, -0.25) is 0 Å². The summed E-state index contributed by atoms with van der Waals surface area (Å²) in [5.41, 5.74) is 1.21. The molecule has 1 aliphatic rings. The molecule has 0 bridgehead atoms. The lowest BCUT2D eigenvalue weighted by atomic mass is 10.1. The molecule has 3 atom stereocenters. The molecule has 5 heteroatoms. The van der Waals surface area contributed by atoms with Gasteiger partial charge in [-0.15, -0.1) is 0 Å². The van der Waals surface area contributed by atoms with Crippen LogP contribution in [0.25, 0.3) is 0 Å². The molecule has 1 saturated heterocycles. The van der Waals surface area contributed by atoms with Crippen molar-refractivity contribution >= 4 is 38.2 Å². The molecule has 116 valence electrons. The molecule has 0 radical (unpaired) electrons. The van der Waals surface area contributed by atoms with Crippen LogP contribution in [0.4, 0.5) is 0 Å². The first-order chi connectivity index (χ1) is 10.3. The first-order valence-corrected chi connectivity index (χ1v) is 13.4. The zero-order chi connectivity index (χ0) is 16.0. The number of hydrogen-bond donors (Lipinski definition) is 0. The number of para-hydroxylation sites is 1. The number of alkyl halides is 1. The van der Waals surface area contributed by atoms with Crippen LogP contribution in [0.1, 0.15) is 5.56 Å². The highest BCUT2D eigenvalue weighted by Gasteiger charge is 2.84. The maximum absolute atomic E-state index is 6.98. The van der Waals surface area contributed by atoms with Crippen molar-refractivity contribution in [2.75, 3.05) is 0 Å². The Bertz CT molecular complexity index is 661. The Morgan fingerprint density at radius 2 is 1.41 bits per heavy atom. The van der Waals surface area contributed by atoms with E-state index in [0.29, 0.717) is 0 Å². The fraction of sp³-hybridized carbons (Fsp3) is 0.294. The van der Waals surface area contributed by atoms with Crippen LogP contribution in [0.3, 0.4) is 0 Å².